The molecule has 2 amide bonds. The van der Waals surface area contributed by atoms with Crippen LogP contribution in [0.3, 0.4) is 0 Å². The number of esters is 4. The van der Waals surface area contributed by atoms with E-state index in [0.717, 1.165) is 56.8 Å². The Bertz CT molecular complexity index is 2410. The number of aliphatic hydroxyl groups is 2. The van der Waals surface area contributed by atoms with Gasteiger partial charge in [-0.1, -0.05) is 310 Å². The van der Waals surface area contributed by atoms with Gasteiger partial charge in [-0.05, 0) is 65.2 Å². The number of hydrogen-bond donors (Lipinski definition) is 4. The second kappa shape index (κ2) is 88.8. The van der Waals surface area contributed by atoms with Crippen molar-refractivity contribution in [1.82, 2.24) is 10.1 Å². The van der Waals surface area contributed by atoms with Crippen LogP contribution in [0.5, 0.6) is 0 Å². The molecular formula is C88H185N5O19. The van der Waals surface area contributed by atoms with E-state index in [1.54, 1.807) is 34.9 Å². The van der Waals surface area contributed by atoms with Gasteiger partial charge in [-0.3, -0.25) is 52.8 Å². The number of nitrogens with two attached hydrogens (primary N) is 1. The first kappa shape index (κ1) is 147. The maximum atomic E-state index is 11.5. The number of aliphatic carboxylic acids is 1. The van der Waals surface area contributed by atoms with E-state index in [9.17, 15) is 47.9 Å². The predicted molar refractivity (Wildman–Crippen MR) is 470 cm³/mol. The zero-order chi connectivity index (χ0) is 81.3. The summed E-state index contributed by atoms with van der Waals surface area (Å²) in [7, 11) is 6.14. The molecule has 1 aromatic rings. The molecule has 2 fully saturated rings. The fourth-order valence-corrected chi connectivity index (χ4v) is 7.36. The number of carbonyl (C=O) groups is 10. The number of hydrogen-bond acceptors (Lipinski definition) is 19. The van der Waals surface area contributed by atoms with Crippen LogP contribution in [0.1, 0.15) is 298 Å². The Morgan fingerprint density at radius 2 is 0.929 bits per heavy atom. The molecule has 24 nitrogen and oxygen atoms in total. The molecule has 2 unspecified atom stereocenters. The number of cyclic esters (lactones) is 1. The maximum Gasteiger partial charge on any atom is 0.323 e. The largest absolute Gasteiger partial charge is 0.481 e. The van der Waals surface area contributed by atoms with Crippen LogP contribution in [0.25, 0.3) is 5.53 Å². The van der Waals surface area contributed by atoms with Crippen molar-refractivity contribution in [3.05, 3.63) is 41.4 Å². The number of Topliss-reactive ketones (excluding diaryl/α,β-unsaturated/α-hetero) is 2. The van der Waals surface area contributed by atoms with Gasteiger partial charge in [-0.15, -0.1) is 0 Å². The highest BCUT2D eigenvalue weighted by Crippen LogP contribution is 2.22. The van der Waals surface area contributed by atoms with E-state index < -0.39 is 23.9 Å². The lowest BCUT2D eigenvalue weighted by atomic mass is 9.90. The minimum absolute atomic E-state index is 0. The van der Waals surface area contributed by atoms with Crippen LogP contribution in [0.15, 0.2) is 30.3 Å². The Kier molecular flexibility index (Phi) is 117. The quantitative estimate of drug-likeness (QED) is 0.00929. The first-order chi connectivity index (χ1) is 47.4. The van der Waals surface area contributed by atoms with E-state index in [-0.39, 0.29) is 175 Å². The number of nitrogens with zero attached hydrogens (tertiary/aromatic N) is 4. The minimum atomic E-state index is -0.690. The maximum absolute atomic E-state index is 11.5. The molecule has 2 aliphatic rings. The van der Waals surface area contributed by atoms with Crippen LogP contribution < -0.4 is 5.73 Å². The zero-order valence-electron chi connectivity index (χ0n) is 68.7. The summed E-state index contributed by atoms with van der Waals surface area (Å²) in [6.45, 7) is 52.8. The van der Waals surface area contributed by atoms with Gasteiger partial charge in [-0.2, -0.15) is 4.79 Å². The van der Waals surface area contributed by atoms with E-state index in [0.29, 0.717) is 80.2 Å². The Labute approximate surface area is 689 Å². The first-order valence-electron chi connectivity index (χ1n) is 36.6. The van der Waals surface area contributed by atoms with Gasteiger partial charge in [0.05, 0.1) is 45.2 Å². The number of carboxylic acids is 1. The standard InChI is InChI=1S/C11H15NO2.C9H19NO2.C9H16O3.C8H14N2O.C8H17NO3.C7H12O2.C7H14O2.C7H14O.C6H10O2.C6H14O.10CH4/c1-2-10(12)11(13)14-8-9-6-4-3-5-7-9;1-6-7(2)8(3)9(11)10(4)12-5;1-5-6(2)7(3)9(11)12-8(4)10;1-4-6(2)7(3)8(11)5-10-9;1-6(5-10)7(2)8(11)9(3)12-4;1-5-3-9-4-7(8)6(5)2;1-4-5(2)6(3)7(8)9;1-4-6(2)7(3)5-8;1-4-3-8-6(7)5(4)2;1-5(2)6(3)4-7;;;;;;;;;;/h3-7,10H,2,8,12H2,1H3;7-8H,6H2,1-5H3;6-7H,5H2,1-4H3;5-7H,4H2,1-3H3;6-7,10H,5H2,1-4H3;5-6H,3-4H2,1-2H3;5-6H,4H2,1-3H3,(H,8,9);5-7H,4H2,1-3H3;4-5H,3H2,1-2H3;5-7H,4H2,1-3H3;10*1H4/t;7-,8-;3*6-,7-;5-,6?;5-,6-;6-,7+;4-,5-;6-;;;;;;;;;;/m.000000000........../s1. The molecule has 18 atom stereocenters. The Morgan fingerprint density at radius 1 is 0.554 bits per heavy atom. The number of rotatable bonds is 27. The summed E-state index contributed by atoms with van der Waals surface area (Å²) < 4.78 is 19.2. The summed E-state index contributed by atoms with van der Waals surface area (Å²) in [5.74, 6) is 1.74. The summed E-state index contributed by atoms with van der Waals surface area (Å²) in [5, 5.41) is 28.3. The molecule has 112 heavy (non-hydrogen) atoms. The molecule has 1 aromatic carbocycles. The highest BCUT2D eigenvalue weighted by Gasteiger charge is 2.30. The summed E-state index contributed by atoms with van der Waals surface area (Å²) in [5.41, 5.74) is 14.6. The fraction of sp³-hybridized carbons (Fsp3) is 0.807. The number of carbonyl (C=O) groups excluding carboxylic acids is 9. The van der Waals surface area contributed by atoms with Crippen LogP contribution in [-0.2, 0) is 83.2 Å². The number of carboxylic acid groups (broad SMARTS) is 1. The third kappa shape index (κ3) is 72.8. The van der Waals surface area contributed by atoms with E-state index in [1.807, 2.05) is 141 Å². The van der Waals surface area contributed by atoms with E-state index in [4.69, 9.17) is 50.5 Å². The molecular weight excluding hydrogens is 1430 g/mol. The van der Waals surface area contributed by atoms with Gasteiger partial charge in [0.2, 0.25) is 17.6 Å². The van der Waals surface area contributed by atoms with Crippen molar-refractivity contribution in [2.24, 2.45) is 112 Å². The monoisotopic (exact) mass is 1620 g/mol. The lowest BCUT2D eigenvalue weighted by molar-refractivity contribution is -0.175. The normalized spacial score (nSPS) is 17.1. The zero-order valence-corrected chi connectivity index (χ0v) is 68.7. The second-order valence-electron chi connectivity index (χ2n) is 27.6. The van der Waals surface area contributed by atoms with E-state index >= 15 is 0 Å². The Balaban J connectivity index is -0.0000000594. The van der Waals surface area contributed by atoms with Gasteiger partial charge in [0.15, 0.2) is 5.78 Å². The van der Waals surface area contributed by atoms with Gasteiger partial charge in [0.25, 0.3) is 0 Å². The van der Waals surface area contributed by atoms with Crippen molar-refractivity contribution in [1.29, 1.82) is 0 Å². The summed E-state index contributed by atoms with van der Waals surface area (Å²) in [6, 6.07) is 9.04. The lowest BCUT2D eigenvalue weighted by Crippen LogP contribution is -2.34. The van der Waals surface area contributed by atoms with Crippen LogP contribution in [0.4, 0.5) is 0 Å². The Hall–Kier alpha value is -6.14. The van der Waals surface area contributed by atoms with Gasteiger partial charge >= 0.3 is 36.1 Å². The highest BCUT2D eigenvalue weighted by molar-refractivity contribution is 6.26. The van der Waals surface area contributed by atoms with Crippen molar-refractivity contribution >= 4 is 65.7 Å². The molecule has 3 rings (SSSR count). The van der Waals surface area contributed by atoms with Crippen molar-refractivity contribution in [3.8, 4) is 0 Å². The average molecular weight is 1620 g/mol. The minimum Gasteiger partial charge on any atom is -0.481 e. The summed E-state index contributed by atoms with van der Waals surface area (Å²) in [4.78, 5) is 121. The number of aliphatic hydroxyl groups excluding tert-OH is 2. The predicted octanol–water partition coefficient (Wildman–Crippen LogP) is 19.6. The molecule has 0 bridgehead atoms. The van der Waals surface area contributed by atoms with Crippen LogP contribution >= 0.6 is 0 Å². The number of hydroxylamine groups is 4. The number of amides is 2. The number of benzene rings is 1. The van der Waals surface area contributed by atoms with E-state index in [1.165, 1.54) is 31.3 Å². The molecule has 0 aromatic heterocycles. The number of ketones is 2. The van der Waals surface area contributed by atoms with Crippen molar-refractivity contribution < 1.29 is 96.7 Å². The van der Waals surface area contributed by atoms with Crippen molar-refractivity contribution in [2.45, 2.75) is 305 Å². The molecule has 24 heteroatoms. The SMILES string of the molecule is C.C.C.C.C.C.C.C.C.C.CC(C)[C@@H](C)CO.CC1C(=O)COC[C@@H]1C.CCC(N)C(=O)OCc1ccccc1.CC[C@H](C)[C@H](C)C(=O)C=[N+]=[N-].CC[C@H](C)[C@H](C)C(=O)N(C)OC.CC[C@H](C)[C@H](C)C(=O)O.CC[C@H](C)[C@H](C)C(=O)OC(C)=O.CC[C@H](C)[C@H](C)C=O.CON(C)C(=O)[C@@H](C)[C@@H](C)CO.C[C@@H]1C(=O)OC[C@@H]1C. The Morgan fingerprint density at radius 3 is 1.19 bits per heavy atom. The van der Waals surface area contributed by atoms with Crippen LogP contribution in [-0.4, -0.2) is 163 Å². The summed E-state index contributed by atoms with van der Waals surface area (Å²) >= 11 is 0. The molecule has 0 saturated carbocycles. The second-order valence-corrected chi connectivity index (χ2v) is 27.6. The molecule has 2 aliphatic heterocycles. The summed E-state index contributed by atoms with van der Waals surface area (Å²) in [6.07, 6.45) is 7.52. The molecule has 0 aliphatic carbocycles. The molecule has 2 heterocycles. The van der Waals surface area contributed by atoms with Crippen molar-refractivity contribution in [2.75, 3.05) is 61.3 Å². The van der Waals surface area contributed by atoms with E-state index in [2.05, 4.69) is 51.1 Å². The molecule has 0 radical (unpaired) electrons. The third-order valence-corrected chi connectivity index (χ3v) is 19.6. The first-order valence-corrected chi connectivity index (χ1v) is 36.6. The number of ether oxygens (including phenoxy) is 4. The highest BCUT2D eigenvalue weighted by atomic mass is 16.7. The average Bonchev–Trinajstić information content (AvgIpc) is 1.70. The smallest absolute Gasteiger partial charge is 0.323 e. The van der Waals surface area contributed by atoms with Gasteiger partial charge < -0.3 is 50.3 Å². The van der Waals surface area contributed by atoms with Gasteiger partial charge in [0, 0.05) is 69.7 Å². The molecule has 0 spiro atoms. The topological polar surface area (TPSA) is 356 Å². The van der Waals surface area contributed by atoms with Crippen LogP contribution in [0.2, 0.25) is 0 Å². The molecule has 676 valence electrons. The fourth-order valence-electron chi connectivity index (χ4n) is 7.36. The number of aldehydes is 1. The molecule has 2 saturated heterocycles. The van der Waals surface area contributed by atoms with Crippen molar-refractivity contribution in [3.63, 3.8) is 0 Å². The molecule has 5 N–H and O–H groups in total. The third-order valence-electron chi connectivity index (χ3n) is 19.6. The van der Waals surface area contributed by atoms with Crippen LogP contribution in [0, 0.1) is 107 Å². The van der Waals surface area contributed by atoms with Gasteiger partial charge in [-0.25, -0.2) is 10.1 Å². The van der Waals surface area contributed by atoms with Gasteiger partial charge in [0.1, 0.15) is 25.5 Å². The lowest BCUT2D eigenvalue weighted by Gasteiger charge is -2.23.